The number of aromatic nitrogens is 3. The number of alkyl halides is 3. The first-order valence-corrected chi connectivity index (χ1v) is 7.73. The number of benzene rings is 1. The monoisotopic (exact) mass is 351 g/mol. The minimum absolute atomic E-state index is 0.179. The van der Waals surface area contributed by atoms with Crippen LogP contribution < -0.4 is 0 Å². The number of hydrogen-bond donors (Lipinski definition) is 1. The minimum atomic E-state index is -4.82. The molecule has 1 aliphatic carbocycles. The summed E-state index contributed by atoms with van der Waals surface area (Å²) in [4.78, 5) is 0. The van der Waals surface area contributed by atoms with Crippen molar-refractivity contribution in [3.05, 3.63) is 48.0 Å². The van der Waals surface area contributed by atoms with Crippen LogP contribution in [0.25, 0.3) is 22.2 Å². The molecule has 1 atom stereocenters. The molecular weight excluding hydrogens is 338 g/mol. The van der Waals surface area contributed by atoms with Gasteiger partial charge in [-0.3, -0.25) is 0 Å². The van der Waals surface area contributed by atoms with Crippen LogP contribution in [0.3, 0.4) is 0 Å². The van der Waals surface area contributed by atoms with E-state index in [0.717, 1.165) is 18.2 Å². The fourth-order valence-electron chi connectivity index (χ4n) is 2.97. The third kappa shape index (κ3) is 2.86. The molecule has 25 heavy (non-hydrogen) atoms. The highest BCUT2D eigenvalue weighted by atomic mass is 19.4. The summed E-state index contributed by atoms with van der Waals surface area (Å²) in [6.45, 7) is 0. The predicted octanol–water partition coefficient (Wildman–Crippen LogP) is 4.17. The van der Waals surface area contributed by atoms with Crippen molar-refractivity contribution in [1.82, 2.24) is 14.8 Å². The van der Waals surface area contributed by atoms with Crippen molar-refractivity contribution >= 4 is 10.9 Å². The van der Waals surface area contributed by atoms with E-state index in [1.165, 1.54) is 24.4 Å². The maximum absolute atomic E-state index is 13.6. The fourth-order valence-corrected chi connectivity index (χ4v) is 2.97. The summed E-state index contributed by atoms with van der Waals surface area (Å²) in [5.74, 6) is -0.375. The molecule has 1 unspecified atom stereocenters. The molecule has 3 aromatic rings. The maximum atomic E-state index is 13.6. The molecule has 4 rings (SSSR count). The molecular formula is C17H13F4N3O. The van der Waals surface area contributed by atoms with Crippen LogP contribution in [0.1, 0.15) is 30.7 Å². The molecule has 2 aromatic heterocycles. The van der Waals surface area contributed by atoms with Crippen LogP contribution in [0.15, 0.2) is 36.5 Å². The number of aliphatic hydroxyl groups excluding tert-OH is 1. The Balaban J connectivity index is 1.86. The topological polar surface area (TPSA) is 50.9 Å². The molecule has 4 nitrogen and oxygen atoms in total. The molecule has 8 heteroatoms. The zero-order valence-corrected chi connectivity index (χ0v) is 12.8. The van der Waals surface area contributed by atoms with Crippen molar-refractivity contribution < 1.29 is 22.7 Å². The molecule has 1 fully saturated rings. The van der Waals surface area contributed by atoms with Gasteiger partial charge in [0.15, 0.2) is 6.10 Å². The van der Waals surface area contributed by atoms with Gasteiger partial charge in [-0.1, -0.05) is 0 Å². The number of nitrogens with zero attached hydrogens (tertiary/aromatic N) is 3. The Morgan fingerprint density at radius 1 is 1.16 bits per heavy atom. The summed E-state index contributed by atoms with van der Waals surface area (Å²) in [6.07, 6.45) is -4.33. The summed E-state index contributed by atoms with van der Waals surface area (Å²) in [7, 11) is 0. The zero-order valence-electron chi connectivity index (χ0n) is 12.8. The molecule has 0 bridgehead atoms. The van der Waals surface area contributed by atoms with E-state index in [0.29, 0.717) is 16.8 Å². The van der Waals surface area contributed by atoms with Gasteiger partial charge in [0.2, 0.25) is 0 Å². The molecule has 2 heterocycles. The largest absolute Gasteiger partial charge is 0.420 e. The third-order valence-electron chi connectivity index (χ3n) is 4.28. The Labute approximate surface area is 139 Å². The van der Waals surface area contributed by atoms with Crippen molar-refractivity contribution in [1.29, 1.82) is 0 Å². The number of hydrogen-bond acceptors (Lipinski definition) is 3. The average molecular weight is 351 g/mol. The molecule has 130 valence electrons. The van der Waals surface area contributed by atoms with E-state index in [4.69, 9.17) is 0 Å². The number of rotatable bonds is 3. The van der Waals surface area contributed by atoms with Gasteiger partial charge in [0.1, 0.15) is 11.5 Å². The van der Waals surface area contributed by atoms with Gasteiger partial charge >= 0.3 is 6.18 Å². The van der Waals surface area contributed by atoms with Crippen LogP contribution in [-0.2, 0) is 0 Å². The summed E-state index contributed by atoms with van der Waals surface area (Å²) in [5, 5.41) is 17.2. The minimum Gasteiger partial charge on any atom is -0.378 e. The van der Waals surface area contributed by atoms with Gasteiger partial charge in [0.25, 0.3) is 0 Å². The average Bonchev–Trinajstić information content (AvgIpc) is 3.34. The Morgan fingerprint density at radius 3 is 2.60 bits per heavy atom. The van der Waals surface area contributed by atoms with Gasteiger partial charge < -0.3 is 9.67 Å². The molecule has 1 saturated carbocycles. The Morgan fingerprint density at radius 2 is 1.92 bits per heavy atom. The van der Waals surface area contributed by atoms with Gasteiger partial charge in [0.05, 0.1) is 17.4 Å². The highest BCUT2D eigenvalue weighted by Crippen LogP contribution is 2.43. The van der Waals surface area contributed by atoms with Crippen LogP contribution in [0.2, 0.25) is 0 Å². The van der Waals surface area contributed by atoms with Crippen LogP contribution in [0.5, 0.6) is 0 Å². The first kappa shape index (κ1) is 16.0. The van der Waals surface area contributed by atoms with Crippen LogP contribution in [0, 0.1) is 5.82 Å². The lowest BCUT2D eigenvalue weighted by Crippen LogP contribution is -2.21. The van der Waals surface area contributed by atoms with E-state index in [9.17, 15) is 22.7 Å². The van der Waals surface area contributed by atoms with E-state index in [1.54, 1.807) is 12.1 Å². The molecule has 1 aliphatic rings. The van der Waals surface area contributed by atoms with Gasteiger partial charge in [-0.05, 0) is 43.2 Å². The van der Waals surface area contributed by atoms with Gasteiger partial charge in [-0.15, -0.1) is 0 Å². The van der Waals surface area contributed by atoms with E-state index in [1.807, 2.05) is 4.57 Å². The first-order valence-electron chi connectivity index (χ1n) is 7.73. The lowest BCUT2D eigenvalue weighted by Gasteiger charge is -2.14. The Hall–Kier alpha value is -2.48. The van der Waals surface area contributed by atoms with E-state index in [-0.39, 0.29) is 11.9 Å². The normalized spacial score (nSPS) is 16.4. The van der Waals surface area contributed by atoms with Crippen molar-refractivity contribution in [3.8, 4) is 11.3 Å². The molecule has 1 N–H and O–H groups in total. The van der Waals surface area contributed by atoms with Crippen molar-refractivity contribution in [2.24, 2.45) is 0 Å². The van der Waals surface area contributed by atoms with E-state index < -0.39 is 18.0 Å². The summed E-state index contributed by atoms with van der Waals surface area (Å²) < 4.78 is 53.7. The number of fused-ring (bicyclic) bond motifs is 1. The second kappa shape index (κ2) is 5.52. The molecule has 0 saturated heterocycles. The van der Waals surface area contributed by atoms with Gasteiger partial charge in [0, 0.05) is 17.0 Å². The quantitative estimate of drug-likeness (QED) is 0.721. The van der Waals surface area contributed by atoms with Crippen molar-refractivity contribution in [2.45, 2.75) is 31.2 Å². The zero-order chi connectivity index (χ0) is 17.8. The van der Waals surface area contributed by atoms with Crippen LogP contribution in [-0.4, -0.2) is 26.0 Å². The second-order valence-corrected chi connectivity index (χ2v) is 6.15. The van der Waals surface area contributed by atoms with Crippen molar-refractivity contribution in [2.75, 3.05) is 0 Å². The smallest absolute Gasteiger partial charge is 0.378 e. The molecule has 0 radical (unpaired) electrons. The Kier molecular flexibility index (Phi) is 3.54. The van der Waals surface area contributed by atoms with Crippen molar-refractivity contribution in [3.63, 3.8) is 0 Å². The van der Waals surface area contributed by atoms with Crippen LogP contribution >= 0.6 is 0 Å². The summed E-state index contributed by atoms with van der Waals surface area (Å²) in [5.41, 5.74) is 1.15. The van der Waals surface area contributed by atoms with E-state index in [2.05, 4.69) is 10.2 Å². The lowest BCUT2D eigenvalue weighted by molar-refractivity contribution is -0.208. The molecule has 0 aliphatic heterocycles. The third-order valence-corrected chi connectivity index (χ3v) is 4.28. The first-order chi connectivity index (χ1) is 11.8. The molecule has 1 aromatic carbocycles. The second-order valence-electron chi connectivity index (χ2n) is 6.15. The lowest BCUT2D eigenvalue weighted by atomic mass is 10.1. The van der Waals surface area contributed by atoms with Gasteiger partial charge in [-0.25, -0.2) is 4.39 Å². The number of aliphatic hydroxyl groups is 1. The van der Waals surface area contributed by atoms with Crippen LogP contribution in [0.4, 0.5) is 17.6 Å². The fraction of sp³-hybridized carbons (Fsp3) is 0.294. The predicted molar refractivity (Wildman–Crippen MR) is 82.2 cm³/mol. The van der Waals surface area contributed by atoms with Gasteiger partial charge in [-0.2, -0.15) is 23.4 Å². The summed E-state index contributed by atoms with van der Waals surface area (Å²) in [6, 6.07) is 7.53. The maximum Gasteiger partial charge on any atom is 0.420 e. The van der Waals surface area contributed by atoms with E-state index >= 15 is 0 Å². The number of halogens is 4. The molecule has 0 amide bonds. The standard InChI is InChI=1S/C17H13F4N3O/c18-11-2-1-9-6-14(24(12-3-4-12)15(9)7-11)10-5-13(23-22-8-10)16(25)17(19,20)21/h1-2,5-8,12,16,25H,3-4H2. The Bertz CT molecular complexity index is 947. The highest BCUT2D eigenvalue weighted by Gasteiger charge is 2.41. The SMILES string of the molecule is OC(c1cc(-c2cc3ccc(F)cc3n2C2CC2)cnn1)C(F)(F)F. The highest BCUT2D eigenvalue weighted by molar-refractivity contribution is 5.87. The molecule has 0 spiro atoms. The summed E-state index contributed by atoms with van der Waals surface area (Å²) >= 11 is 0.